The van der Waals surface area contributed by atoms with Gasteiger partial charge in [-0.1, -0.05) is 53.7 Å². The Morgan fingerprint density at radius 1 is 1.09 bits per heavy atom. The van der Waals surface area contributed by atoms with Crippen molar-refractivity contribution < 1.29 is 28.8 Å². The number of rotatable bonds is 7. The third-order valence-corrected chi connectivity index (χ3v) is 5.25. The molecule has 2 aromatic carbocycles. The minimum atomic E-state index is -1.14. The number of carboxylic acids is 1. The third kappa shape index (κ3) is 4.31. The summed E-state index contributed by atoms with van der Waals surface area (Å²) in [4.78, 5) is 36.1. The highest BCUT2D eigenvalue weighted by molar-refractivity contribution is 5.93. The molecular formula is C23H21N3O6. The molecule has 9 heteroatoms. The molecule has 0 aliphatic heterocycles. The van der Waals surface area contributed by atoms with Crippen molar-refractivity contribution in [3.8, 4) is 11.1 Å². The molecule has 1 aliphatic carbocycles. The summed E-state index contributed by atoms with van der Waals surface area (Å²) >= 11 is 0. The standard InChI is InChI=1S/C23H21N3O6/c1-26(12-21(27)28)22(29)20-10-14(32-25-20)11-24-23(30)31-13-19-17-8-4-2-6-15(17)16-7-3-5-9-18(16)19/h2-10,19H,11-13H2,1H3,(H,24,30)(H,27,28). The molecule has 3 aromatic rings. The van der Waals surface area contributed by atoms with Crippen molar-refractivity contribution in [2.75, 3.05) is 20.2 Å². The topological polar surface area (TPSA) is 122 Å². The maximum absolute atomic E-state index is 12.2. The van der Waals surface area contributed by atoms with Crippen LogP contribution in [-0.2, 0) is 16.1 Å². The molecule has 2 N–H and O–H groups in total. The Morgan fingerprint density at radius 2 is 1.72 bits per heavy atom. The Bertz CT molecular complexity index is 1130. The fourth-order valence-corrected chi connectivity index (χ4v) is 3.78. The summed E-state index contributed by atoms with van der Waals surface area (Å²) in [6.45, 7) is -0.307. The quantitative estimate of drug-likeness (QED) is 0.585. The average molecular weight is 435 g/mol. The lowest BCUT2D eigenvalue weighted by atomic mass is 9.98. The van der Waals surface area contributed by atoms with Gasteiger partial charge >= 0.3 is 12.1 Å². The number of aromatic nitrogens is 1. The fraction of sp³-hybridized carbons (Fsp3) is 0.217. The highest BCUT2D eigenvalue weighted by Crippen LogP contribution is 2.44. The van der Waals surface area contributed by atoms with Crippen molar-refractivity contribution in [1.82, 2.24) is 15.4 Å². The van der Waals surface area contributed by atoms with E-state index in [4.69, 9.17) is 14.4 Å². The molecule has 32 heavy (non-hydrogen) atoms. The van der Waals surface area contributed by atoms with Crippen molar-refractivity contribution in [3.05, 3.63) is 77.2 Å². The molecule has 0 spiro atoms. The number of alkyl carbamates (subject to hydrolysis) is 1. The number of likely N-dealkylation sites (N-methyl/N-ethyl adjacent to an activating group) is 1. The second-order valence-electron chi connectivity index (χ2n) is 7.41. The van der Waals surface area contributed by atoms with Crippen LogP contribution >= 0.6 is 0 Å². The van der Waals surface area contributed by atoms with E-state index >= 15 is 0 Å². The molecule has 2 amide bonds. The van der Waals surface area contributed by atoms with E-state index in [-0.39, 0.29) is 30.5 Å². The van der Waals surface area contributed by atoms with E-state index in [1.165, 1.54) is 13.1 Å². The first-order valence-electron chi connectivity index (χ1n) is 9.95. The minimum absolute atomic E-state index is 0.0282. The molecule has 0 saturated heterocycles. The number of fused-ring (bicyclic) bond motifs is 3. The summed E-state index contributed by atoms with van der Waals surface area (Å²) in [5.41, 5.74) is 4.47. The predicted octanol–water partition coefficient (Wildman–Crippen LogP) is 2.87. The van der Waals surface area contributed by atoms with Crippen LogP contribution in [0.15, 0.2) is 59.1 Å². The van der Waals surface area contributed by atoms with Crippen LogP contribution in [0.5, 0.6) is 0 Å². The first-order chi connectivity index (χ1) is 15.4. The van der Waals surface area contributed by atoms with Crippen LogP contribution in [0.1, 0.15) is 33.3 Å². The maximum atomic E-state index is 12.2. The molecule has 0 radical (unpaired) electrons. The van der Waals surface area contributed by atoms with E-state index in [2.05, 4.69) is 22.6 Å². The van der Waals surface area contributed by atoms with Gasteiger partial charge in [-0.25, -0.2) is 4.79 Å². The lowest BCUT2D eigenvalue weighted by Gasteiger charge is -2.14. The van der Waals surface area contributed by atoms with Gasteiger partial charge in [-0.3, -0.25) is 9.59 Å². The SMILES string of the molecule is CN(CC(=O)O)C(=O)c1cc(CNC(=O)OCC2c3ccccc3-c3ccccc32)on1. The molecule has 0 atom stereocenters. The van der Waals surface area contributed by atoms with Gasteiger partial charge in [-0.05, 0) is 22.3 Å². The van der Waals surface area contributed by atoms with Crippen LogP contribution in [-0.4, -0.2) is 53.3 Å². The molecule has 1 heterocycles. The zero-order chi connectivity index (χ0) is 22.7. The Hall–Kier alpha value is -4.14. The van der Waals surface area contributed by atoms with E-state index in [9.17, 15) is 14.4 Å². The van der Waals surface area contributed by atoms with E-state index in [0.29, 0.717) is 0 Å². The minimum Gasteiger partial charge on any atom is -0.480 e. The lowest BCUT2D eigenvalue weighted by molar-refractivity contribution is -0.137. The predicted molar refractivity (Wildman–Crippen MR) is 113 cm³/mol. The molecule has 164 valence electrons. The molecule has 1 aromatic heterocycles. The van der Waals surface area contributed by atoms with Gasteiger partial charge in [-0.15, -0.1) is 0 Å². The number of hydrogen-bond acceptors (Lipinski definition) is 6. The van der Waals surface area contributed by atoms with Gasteiger partial charge in [0.2, 0.25) is 0 Å². The van der Waals surface area contributed by atoms with Crippen LogP contribution in [0.2, 0.25) is 0 Å². The van der Waals surface area contributed by atoms with E-state index in [1.54, 1.807) is 0 Å². The number of nitrogens with zero attached hydrogens (tertiary/aromatic N) is 2. The molecule has 1 aliphatic rings. The number of carbonyl (C=O) groups is 3. The number of carboxylic acid groups (broad SMARTS) is 1. The number of nitrogens with one attached hydrogen (secondary N) is 1. The van der Waals surface area contributed by atoms with Crippen LogP contribution < -0.4 is 5.32 Å². The van der Waals surface area contributed by atoms with Crippen LogP contribution in [0.4, 0.5) is 4.79 Å². The molecule has 9 nitrogen and oxygen atoms in total. The summed E-state index contributed by atoms with van der Waals surface area (Å²) < 4.78 is 10.5. The van der Waals surface area contributed by atoms with Crippen LogP contribution in [0, 0.1) is 0 Å². The highest BCUT2D eigenvalue weighted by Gasteiger charge is 2.29. The van der Waals surface area contributed by atoms with Gasteiger partial charge in [-0.2, -0.15) is 0 Å². The molecule has 0 unspecified atom stereocenters. The number of hydrogen-bond donors (Lipinski definition) is 2. The van der Waals surface area contributed by atoms with Crippen molar-refractivity contribution in [2.45, 2.75) is 12.5 Å². The van der Waals surface area contributed by atoms with Crippen molar-refractivity contribution in [3.63, 3.8) is 0 Å². The zero-order valence-electron chi connectivity index (χ0n) is 17.3. The van der Waals surface area contributed by atoms with Gasteiger partial charge in [0, 0.05) is 19.0 Å². The lowest BCUT2D eigenvalue weighted by Crippen LogP contribution is -2.32. The Balaban J connectivity index is 1.33. The second-order valence-corrected chi connectivity index (χ2v) is 7.41. The molecular weight excluding hydrogens is 414 g/mol. The van der Waals surface area contributed by atoms with Crippen molar-refractivity contribution >= 4 is 18.0 Å². The maximum Gasteiger partial charge on any atom is 0.407 e. The van der Waals surface area contributed by atoms with Gasteiger partial charge < -0.3 is 24.6 Å². The second kappa shape index (κ2) is 8.93. The molecule has 4 rings (SSSR count). The number of benzene rings is 2. The van der Waals surface area contributed by atoms with Gasteiger partial charge in [0.15, 0.2) is 11.5 Å². The average Bonchev–Trinajstić information content (AvgIpc) is 3.38. The largest absolute Gasteiger partial charge is 0.480 e. The summed E-state index contributed by atoms with van der Waals surface area (Å²) in [7, 11) is 1.35. The first-order valence-corrected chi connectivity index (χ1v) is 9.95. The van der Waals surface area contributed by atoms with Gasteiger partial charge in [0.1, 0.15) is 13.2 Å². The summed E-state index contributed by atoms with van der Waals surface area (Å²) in [5, 5.41) is 15.0. The smallest absolute Gasteiger partial charge is 0.407 e. The Labute approximate surface area is 183 Å². The van der Waals surface area contributed by atoms with Crippen molar-refractivity contribution in [2.24, 2.45) is 0 Å². The van der Waals surface area contributed by atoms with E-state index < -0.39 is 24.5 Å². The number of carbonyl (C=O) groups excluding carboxylic acids is 2. The highest BCUT2D eigenvalue weighted by atomic mass is 16.5. The third-order valence-electron chi connectivity index (χ3n) is 5.25. The molecule has 0 bridgehead atoms. The number of amides is 2. The fourth-order valence-electron chi connectivity index (χ4n) is 3.78. The number of ether oxygens (including phenoxy) is 1. The van der Waals surface area contributed by atoms with Crippen LogP contribution in [0.3, 0.4) is 0 Å². The van der Waals surface area contributed by atoms with Crippen molar-refractivity contribution in [1.29, 1.82) is 0 Å². The number of aliphatic carboxylic acids is 1. The van der Waals surface area contributed by atoms with E-state index in [0.717, 1.165) is 27.2 Å². The first kappa shape index (κ1) is 21.1. The summed E-state index contributed by atoms with van der Waals surface area (Å²) in [6, 6.07) is 17.5. The van der Waals surface area contributed by atoms with Gasteiger partial charge in [0.05, 0.1) is 6.54 Å². The summed E-state index contributed by atoms with van der Waals surface area (Å²) in [5.74, 6) is -1.54. The van der Waals surface area contributed by atoms with Crippen LogP contribution in [0.25, 0.3) is 11.1 Å². The molecule has 0 saturated carbocycles. The van der Waals surface area contributed by atoms with Gasteiger partial charge in [0.25, 0.3) is 5.91 Å². The molecule has 0 fully saturated rings. The summed E-state index contributed by atoms with van der Waals surface area (Å²) in [6.07, 6.45) is -0.626. The monoisotopic (exact) mass is 435 g/mol. The van der Waals surface area contributed by atoms with E-state index in [1.807, 2.05) is 36.4 Å². The normalized spacial score (nSPS) is 12.0. The Kier molecular flexibility index (Phi) is 5.89. The zero-order valence-corrected chi connectivity index (χ0v) is 17.3. The Morgan fingerprint density at radius 3 is 2.34 bits per heavy atom.